The largest absolute Gasteiger partial charge is 0.484 e. The van der Waals surface area contributed by atoms with E-state index >= 15 is 0 Å². The summed E-state index contributed by atoms with van der Waals surface area (Å²) < 4.78 is 10.7. The summed E-state index contributed by atoms with van der Waals surface area (Å²) in [4.78, 5) is 12.6. The lowest BCUT2D eigenvalue weighted by Crippen LogP contribution is -2.20. The molecule has 1 N–H and O–H groups in total. The molecule has 0 saturated carbocycles. The number of benzene rings is 1. The van der Waals surface area contributed by atoms with Gasteiger partial charge in [0.1, 0.15) is 5.75 Å². The maximum absolute atomic E-state index is 11.7. The van der Waals surface area contributed by atoms with Crippen LogP contribution in [-0.2, 0) is 4.79 Å². The Kier molecular flexibility index (Phi) is 3.92. The molecule has 0 aliphatic heterocycles. The van der Waals surface area contributed by atoms with Crippen molar-refractivity contribution in [1.82, 2.24) is 10.2 Å². The first-order valence-corrected chi connectivity index (χ1v) is 7.04. The normalized spacial score (nSPS) is 10.3. The van der Waals surface area contributed by atoms with Gasteiger partial charge < -0.3 is 9.15 Å². The van der Waals surface area contributed by atoms with E-state index in [-0.39, 0.29) is 18.5 Å². The molecule has 0 unspecified atom stereocenters. The Morgan fingerprint density at radius 2 is 2.05 bits per heavy atom. The third kappa shape index (κ3) is 3.46. The van der Waals surface area contributed by atoms with E-state index in [2.05, 4.69) is 15.5 Å². The minimum atomic E-state index is -0.361. The molecule has 0 radical (unpaired) electrons. The second-order valence-electron chi connectivity index (χ2n) is 4.04. The minimum Gasteiger partial charge on any atom is -0.484 e. The van der Waals surface area contributed by atoms with Crippen LogP contribution in [0.3, 0.4) is 0 Å². The highest BCUT2D eigenvalue weighted by atomic mass is 32.1. The highest BCUT2D eigenvalue weighted by Crippen LogP contribution is 2.24. The summed E-state index contributed by atoms with van der Waals surface area (Å²) in [6, 6.07) is 12.9. The second kappa shape index (κ2) is 6.19. The molecule has 2 heterocycles. The fraction of sp³-hybridized carbons (Fsp3) is 0.0714. The van der Waals surface area contributed by atoms with Crippen LogP contribution in [0.5, 0.6) is 5.75 Å². The van der Waals surface area contributed by atoms with Gasteiger partial charge in [0.15, 0.2) is 6.61 Å². The van der Waals surface area contributed by atoms with Crippen LogP contribution in [0.25, 0.3) is 10.8 Å². The number of rotatable bonds is 5. The van der Waals surface area contributed by atoms with Gasteiger partial charge in [-0.3, -0.25) is 10.1 Å². The zero-order valence-electron chi connectivity index (χ0n) is 10.9. The van der Waals surface area contributed by atoms with Gasteiger partial charge in [-0.2, -0.15) is 0 Å². The van der Waals surface area contributed by atoms with E-state index in [1.165, 1.54) is 11.3 Å². The van der Waals surface area contributed by atoms with Crippen LogP contribution >= 0.6 is 11.3 Å². The molecule has 2 aromatic heterocycles. The molecular weight excluding hydrogens is 290 g/mol. The van der Waals surface area contributed by atoms with E-state index in [4.69, 9.17) is 9.15 Å². The first-order valence-electron chi connectivity index (χ1n) is 6.16. The fourth-order valence-electron chi connectivity index (χ4n) is 1.59. The zero-order valence-corrected chi connectivity index (χ0v) is 11.7. The number of nitrogens with one attached hydrogen (secondary N) is 1. The molecule has 0 saturated heterocycles. The summed E-state index contributed by atoms with van der Waals surface area (Å²) in [5, 5.41) is 12.0. The van der Waals surface area contributed by atoms with E-state index in [9.17, 15) is 4.79 Å². The van der Waals surface area contributed by atoms with Gasteiger partial charge in [-0.05, 0) is 23.6 Å². The van der Waals surface area contributed by atoms with Crippen LogP contribution in [-0.4, -0.2) is 22.7 Å². The lowest BCUT2D eigenvalue weighted by atomic mass is 10.3. The number of nitrogens with zero attached hydrogens (tertiary/aromatic N) is 2. The number of carbonyl (C=O) groups is 1. The fourth-order valence-corrected chi connectivity index (χ4v) is 2.24. The standard InChI is InChI=1S/C14H11N3O3S/c18-12(9-19-10-5-2-1-3-6-10)15-14-17-16-13(20-14)11-7-4-8-21-11/h1-8H,9H2,(H,15,17,18). The maximum atomic E-state index is 11.7. The number of anilines is 1. The molecule has 106 valence electrons. The van der Waals surface area contributed by atoms with Crippen LogP contribution in [0.4, 0.5) is 6.01 Å². The number of amides is 1. The number of aromatic nitrogens is 2. The van der Waals surface area contributed by atoms with Crippen molar-refractivity contribution in [3.05, 3.63) is 47.8 Å². The Labute approximate surface area is 124 Å². The average Bonchev–Trinajstić information content (AvgIpc) is 3.17. The van der Waals surface area contributed by atoms with Crippen molar-refractivity contribution in [2.24, 2.45) is 0 Å². The third-order valence-corrected chi connectivity index (χ3v) is 3.37. The number of thiophene rings is 1. The first-order chi connectivity index (χ1) is 10.3. The van der Waals surface area contributed by atoms with Gasteiger partial charge >= 0.3 is 6.01 Å². The van der Waals surface area contributed by atoms with Crippen molar-refractivity contribution in [2.75, 3.05) is 11.9 Å². The summed E-state index contributed by atoms with van der Waals surface area (Å²) in [5.74, 6) is 0.641. The van der Waals surface area contributed by atoms with Gasteiger partial charge in [0, 0.05) is 0 Å². The zero-order chi connectivity index (χ0) is 14.5. The molecule has 0 aliphatic rings. The second-order valence-corrected chi connectivity index (χ2v) is 4.99. The molecule has 1 aromatic carbocycles. The average molecular weight is 301 g/mol. The van der Waals surface area contributed by atoms with Gasteiger partial charge in [0.05, 0.1) is 4.88 Å². The van der Waals surface area contributed by atoms with E-state index in [0.29, 0.717) is 11.6 Å². The Bertz CT molecular complexity index is 710. The monoisotopic (exact) mass is 301 g/mol. The molecule has 0 aliphatic carbocycles. The molecular formula is C14H11N3O3S. The molecule has 6 nitrogen and oxygen atoms in total. The van der Waals surface area contributed by atoms with E-state index < -0.39 is 0 Å². The summed E-state index contributed by atoms with van der Waals surface area (Å²) >= 11 is 1.48. The van der Waals surface area contributed by atoms with Crippen molar-refractivity contribution >= 4 is 23.3 Å². The van der Waals surface area contributed by atoms with Crippen LogP contribution < -0.4 is 10.1 Å². The molecule has 3 aromatic rings. The first kappa shape index (κ1) is 13.3. The number of hydrogen-bond acceptors (Lipinski definition) is 6. The highest BCUT2D eigenvalue weighted by molar-refractivity contribution is 7.13. The lowest BCUT2D eigenvalue weighted by molar-refractivity contribution is -0.118. The van der Waals surface area contributed by atoms with Crippen molar-refractivity contribution in [1.29, 1.82) is 0 Å². The molecule has 0 atom stereocenters. The van der Waals surface area contributed by atoms with Gasteiger partial charge in [-0.1, -0.05) is 29.4 Å². The predicted octanol–water partition coefficient (Wildman–Crippen LogP) is 2.82. The summed E-state index contributed by atoms with van der Waals surface area (Å²) in [7, 11) is 0. The van der Waals surface area contributed by atoms with Crippen molar-refractivity contribution in [3.63, 3.8) is 0 Å². The Balaban J connectivity index is 1.55. The van der Waals surface area contributed by atoms with Crippen molar-refractivity contribution in [2.45, 2.75) is 0 Å². The number of carbonyl (C=O) groups excluding carboxylic acids is 1. The van der Waals surface area contributed by atoms with Crippen molar-refractivity contribution < 1.29 is 13.9 Å². The minimum absolute atomic E-state index is 0.0556. The smallest absolute Gasteiger partial charge is 0.322 e. The lowest BCUT2D eigenvalue weighted by Gasteiger charge is -2.04. The molecule has 0 fully saturated rings. The summed E-state index contributed by atoms with van der Waals surface area (Å²) in [6.07, 6.45) is 0. The summed E-state index contributed by atoms with van der Waals surface area (Å²) in [5.41, 5.74) is 0. The third-order valence-electron chi connectivity index (χ3n) is 2.52. The molecule has 7 heteroatoms. The Morgan fingerprint density at radius 3 is 2.81 bits per heavy atom. The number of para-hydroxylation sites is 1. The van der Waals surface area contributed by atoms with E-state index in [1.807, 2.05) is 35.7 Å². The maximum Gasteiger partial charge on any atom is 0.322 e. The van der Waals surface area contributed by atoms with Gasteiger partial charge in [-0.15, -0.1) is 16.4 Å². The van der Waals surface area contributed by atoms with Gasteiger partial charge in [0.2, 0.25) is 0 Å². The number of ether oxygens (including phenoxy) is 1. The Morgan fingerprint density at radius 1 is 1.19 bits per heavy atom. The molecule has 21 heavy (non-hydrogen) atoms. The molecule has 1 amide bonds. The summed E-state index contributed by atoms with van der Waals surface area (Å²) in [6.45, 7) is -0.124. The quantitative estimate of drug-likeness (QED) is 0.784. The molecule has 0 spiro atoms. The number of hydrogen-bond donors (Lipinski definition) is 1. The van der Waals surface area contributed by atoms with Crippen LogP contribution in [0.2, 0.25) is 0 Å². The Hall–Kier alpha value is -2.67. The molecule has 0 bridgehead atoms. The highest BCUT2D eigenvalue weighted by Gasteiger charge is 2.12. The van der Waals surface area contributed by atoms with E-state index in [0.717, 1.165) is 4.88 Å². The van der Waals surface area contributed by atoms with Crippen molar-refractivity contribution in [3.8, 4) is 16.5 Å². The van der Waals surface area contributed by atoms with Crippen LogP contribution in [0.15, 0.2) is 52.3 Å². The van der Waals surface area contributed by atoms with Gasteiger partial charge in [0.25, 0.3) is 11.8 Å². The van der Waals surface area contributed by atoms with Gasteiger partial charge in [-0.25, -0.2) is 0 Å². The SMILES string of the molecule is O=C(COc1ccccc1)Nc1nnc(-c2cccs2)o1. The topological polar surface area (TPSA) is 77.2 Å². The predicted molar refractivity (Wildman–Crippen MR) is 78.2 cm³/mol. The van der Waals surface area contributed by atoms with Crippen LogP contribution in [0.1, 0.15) is 0 Å². The van der Waals surface area contributed by atoms with E-state index in [1.54, 1.807) is 12.1 Å². The molecule has 3 rings (SSSR count). The van der Waals surface area contributed by atoms with Crippen LogP contribution in [0, 0.1) is 0 Å².